The summed E-state index contributed by atoms with van der Waals surface area (Å²) >= 11 is 0. The van der Waals surface area contributed by atoms with Crippen LogP contribution in [-0.4, -0.2) is 60.9 Å². The van der Waals surface area contributed by atoms with Gasteiger partial charge < -0.3 is 15.5 Å². The fourth-order valence-electron chi connectivity index (χ4n) is 4.22. The third-order valence-corrected chi connectivity index (χ3v) is 6.14. The van der Waals surface area contributed by atoms with E-state index in [1.807, 2.05) is 11.8 Å². The predicted molar refractivity (Wildman–Crippen MR) is 134 cm³/mol. The first kappa shape index (κ1) is 24.9. The summed E-state index contributed by atoms with van der Waals surface area (Å²) in [7, 11) is 1.80. The third-order valence-electron chi connectivity index (χ3n) is 6.14. The molecule has 0 aromatic heterocycles. The van der Waals surface area contributed by atoms with Crippen LogP contribution in [0.2, 0.25) is 0 Å². The molecular formula is C23H38IN5O. The van der Waals surface area contributed by atoms with Crippen LogP contribution in [0.5, 0.6) is 0 Å². The van der Waals surface area contributed by atoms with Crippen molar-refractivity contribution in [3.63, 3.8) is 0 Å². The fourth-order valence-corrected chi connectivity index (χ4v) is 4.22. The Morgan fingerprint density at radius 3 is 2.60 bits per heavy atom. The van der Waals surface area contributed by atoms with Crippen LogP contribution >= 0.6 is 24.0 Å². The molecule has 1 aromatic rings. The molecule has 2 fully saturated rings. The van der Waals surface area contributed by atoms with E-state index in [9.17, 15) is 4.79 Å². The van der Waals surface area contributed by atoms with E-state index in [-0.39, 0.29) is 35.9 Å². The highest BCUT2D eigenvalue weighted by atomic mass is 127. The molecule has 0 bridgehead atoms. The van der Waals surface area contributed by atoms with Gasteiger partial charge in [0.15, 0.2) is 5.96 Å². The summed E-state index contributed by atoms with van der Waals surface area (Å²) < 4.78 is 0. The van der Waals surface area contributed by atoms with Crippen molar-refractivity contribution in [2.45, 2.75) is 58.7 Å². The van der Waals surface area contributed by atoms with Crippen molar-refractivity contribution in [1.82, 2.24) is 20.4 Å². The van der Waals surface area contributed by atoms with Crippen molar-refractivity contribution in [2.75, 3.05) is 33.2 Å². The van der Waals surface area contributed by atoms with Crippen LogP contribution < -0.4 is 10.6 Å². The molecule has 1 aromatic carbocycles. The number of rotatable bonds is 6. The quantitative estimate of drug-likeness (QED) is 0.339. The lowest BCUT2D eigenvalue weighted by Gasteiger charge is -2.30. The summed E-state index contributed by atoms with van der Waals surface area (Å²) in [5, 5.41) is 6.90. The van der Waals surface area contributed by atoms with Crippen LogP contribution in [0.25, 0.3) is 0 Å². The number of halogens is 1. The van der Waals surface area contributed by atoms with Gasteiger partial charge in [-0.05, 0) is 49.4 Å². The molecule has 0 saturated carbocycles. The number of nitrogens with zero attached hydrogens (tertiary/aromatic N) is 3. The van der Waals surface area contributed by atoms with Crippen LogP contribution in [0.4, 0.5) is 0 Å². The molecule has 1 amide bonds. The highest BCUT2D eigenvalue weighted by Crippen LogP contribution is 2.18. The Bertz CT molecular complexity index is 703. The minimum absolute atomic E-state index is 0. The van der Waals surface area contributed by atoms with Crippen LogP contribution in [-0.2, 0) is 17.9 Å². The first-order valence-electron chi connectivity index (χ1n) is 11.1. The fraction of sp³-hybridized carbons (Fsp3) is 0.652. The smallest absolute Gasteiger partial charge is 0.222 e. The van der Waals surface area contributed by atoms with Gasteiger partial charge in [0.05, 0.1) is 0 Å². The molecule has 0 aliphatic carbocycles. The molecule has 2 aliphatic heterocycles. The van der Waals surface area contributed by atoms with E-state index >= 15 is 0 Å². The van der Waals surface area contributed by atoms with Gasteiger partial charge >= 0.3 is 0 Å². The Balaban J connectivity index is 0.00000320. The van der Waals surface area contributed by atoms with E-state index in [4.69, 9.17) is 0 Å². The van der Waals surface area contributed by atoms with Gasteiger partial charge in [0.1, 0.15) is 0 Å². The number of amides is 1. The number of aliphatic imine (C=N–C) groups is 1. The van der Waals surface area contributed by atoms with Crippen LogP contribution in [0.1, 0.15) is 50.7 Å². The van der Waals surface area contributed by atoms with Crippen molar-refractivity contribution < 1.29 is 4.79 Å². The lowest BCUT2D eigenvalue weighted by molar-refractivity contribution is -0.129. The number of carbonyl (C=O) groups is 1. The number of guanidine groups is 1. The lowest BCUT2D eigenvalue weighted by atomic mass is 9.98. The molecule has 2 N–H and O–H groups in total. The monoisotopic (exact) mass is 527 g/mol. The topological polar surface area (TPSA) is 60.0 Å². The minimum atomic E-state index is 0. The predicted octanol–water partition coefficient (Wildman–Crippen LogP) is 3.21. The average Bonchev–Trinajstić information content (AvgIpc) is 3.21. The zero-order chi connectivity index (χ0) is 20.6. The molecule has 30 heavy (non-hydrogen) atoms. The second-order valence-corrected chi connectivity index (χ2v) is 8.53. The molecular weight excluding hydrogens is 489 g/mol. The number of piperidine rings is 1. The Kier molecular flexibility index (Phi) is 10.4. The highest BCUT2D eigenvalue weighted by Gasteiger charge is 2.25. The zero-order valence-electron chi connectivity index (χ0n) is 18.7. The summed E-state index contributed by atoms with van der Waals surface area (Å²) in [6.45, 7) is 10.1. The summed E-state index contributed by atoms with van der Waals surface area (Å²) in [5.41, 5.74) is 2.65. The number of likely N-dealkylation sites (tertiary alicyclic amines) is 2. The summed E-state index contributed by atoms with van der Waals surface area (Å²) in [6.07, 6.45) is 4.17. The minimum Gasteiger partial charge on any atom is -0.352 e. The third kappa shape index (κ3) is 7.41. The lowest BCUT2D eigenvalue weighted by Crippen LogP contribution is -2.44. The SMILES string of the molecule is CCC(=O)N1CCC(NC(=NC)NCc2cccc(CN3CCC(C)CC3)c2)C1.I. The van der Waals surface area contributed by atoms with Crippen molar-refractivity contribution >= 4 is 35.8 Å². The second kappa shape index (κ2) is 12.5. The van der Waals surface area contributed by atoms with Crippen LogP contribution in [0, 0.1) is 5.92 Å². The maximum atomic E-state index is 11.9. The number of hydrogen-bond acceptors (Lipinski definition) is 3. The van der Waals surface area contributed by atoms with E-state index in [1.54, 1.807) is 7.05 Å². The average molecular weight is 527 g/mol. The van der Waals surface area contributed by atoms with Crippen molar-refractivity contribution in [1.29, 1.82) is 0 Å². The number of carbonyl (C=O) groups excluding carboxylic acids is 1. The van der Waals surface area contributed by atoms with Crippen molar-refractivity contribution in [3.05, 3.63) is 35.4 Å². The largest absolute Gasteiger partial charge is 0.352 e. The first-order valence-corrected chi connectivity index (χ1v) is 11.1. The van der Waals surface area contributed by atoms with Gasteiger partial charge in [-0.2, -0.15) is 0 Å². The molecule has 6 nitrogen and oxygen atoms in total. The first-order chi connectivity index (χ1) is 14.1. The summed E-state index contributed by atoms with van der Waals surface area (Å²) in [4.78, 5) is 20.7. The van der Waals surface area contributed by atoms with E-state index in [0.717, 1.165) is 44.5 Å². The molecule has 7 heteroatoms. The number of benzene rings is 1. The van der Waals surface area contributed by atoms with Gasteiger partial charge in [-0.25, -0.2) is 0 Å². The Morgan fingerprint density at radius 2 is 1.90 bits per heavy atom. The second-order valence-electron chi connectivity index (χ2n) is 8.53. The van der Waals surface area contributed by atoms with E-state index in [1.165, 1.54) is 37.1 Å². The molecule has 3 rings (SSSR count). The Hall–Kier alpha value is -1.35. The molecule has 2 aliphatic rings. The zero-order valence-corrected chi connectivity index (χ0v) is 21.0. The van der Waals surface area contributed by atoms with Gasteiger partial charge in [-0.1, -0.05) is 38.1 Å². The number of nitrogens with one attached hydrogen (secondary N) is 2. The van der Waals surface area contributed by atoms with Crippen molar-refractivity contribution in [3.8, 4) is 0 Å². The van der Waals surface area contributed by atoms with E-state index in [2.05, 4.69) is 51.7 Å². The summed E-state index contributed by atoms with van der Waals surface area (Å²) in [5.74, 6) is 1.90. The summed E-state index contributed by atoms with van der Waals surface area (Å²) in [6, 6.07) is 9.12. The maximum absolute atomic E-state index is 11.9. The van der Waals surface area contributed by atoms with Gasteiger partial charge in [0, 0.05) is 45.7 Å². The molecule has 1 atom stereocenters. The Morgan fingerprint density at radius 1 is 1.17 bits per heavy atom. The number of hydrogen-bond donors (Lipinski definition) is 2. The molecule has 168 valence electrons. The van der Waals surface area contributed by atoms with Crippen molar-refractivity contribution in [2.24, 2.45) is 10.9 Å². The molecule has 0 spiro atoms. The van der Waals surface area contributed by atoms with Gasteiger partial charge in [-0.15, -0.1) is 24.0 Å². The normalized spacial score (nSPS) is 20.7. The standard InChI is InChI=1S/C23H37N5O.HI/c1-4-22(29)28-13-10-21(17-28)26-23(24-3)25-15-19-6-5-7-20(14-19)16-27-11-8-18(2)9-12-27;/h5-7,14,18,21H,4,8-13,15-17H2,1-3H3,(H2,24,25,26);1H. The van der Waals surface area contributed by atoms with E-state index < -0.39 is 0 Å². The van der Waals surface area contributed by atoms with Gasteiger partial charge in [0.25, 0.3) is 0 Å². The molecule has 2 heterocycles. The van der Waals surface area contributed by atoms with E-state index in [0.29, 0.717) is 6.42 Å². The molecule has 2 saturated heterocycles. The Labute approximate surface area is 198 Å². The maximum Gasteiger partial charge on any atom is 0.222 e. The highest BCUT2D eigenvalue weighted by molar-refractivity contribution is 14.0. The molecule has 0 radical (unpaired) electrons. The van der Waals surface area contributed by atoms with Crippen LogP contribution in [0.3, 0.4) is 0 Å². The van der Waals surface area contributed by atoms with Crippen LogP contribution in [0.15, 0.2) is 29.3 Å². The van der Waals surface area contributed by atoms with Gasteiger partial charge in [0.2, 0.25) is 5.91 Å². The molecule has 1 unspecified atom stereocenters. The van der Waals surface area contributed by atoms with Gasteiger partial charge in [-0.3, -0.25) is 14.7 Å².